The Bertz CT molecular complexity index is 1080. The van der Waals surface area contributed by atoms with Gasteiger partial charge < -0.3 is 14.2 Å². The van der Waals surface area contributed by atoms with Crippen molar-refractivity contribution in [1.29, 1.82) is 0 Å². The van der Waals surface area contributed by atoms with Crippen molar-refractivity contribution in [2.24, 2.45) is 5.10 Å². The van der Waals surface area contributed by atoms with Gasteiger partial charge in [0, 0.05) is 11.6 Å². The maximum absolute atomic E-state index is 12.7. The quantitative estimate of drug-likeness (QED) is 0.364. The number of ether oxygens (including phenoxy) is 3. The third kappa shape index (κ3) is 4.91. The van der Waals surface area contributed by atoms with Crippen molar-refractivity contribution in [2.75, 3.05) is 20.3 Å². The lowest BCUT2D eigenvalue weighted by atomic mass is 10.1. The summed E-state index contributed by atoms with van der Waals surface area (Å²) in [6.07, 6.45) is 1.54. The van der Waals surface area contributed by atoms with E-state index in [4.69, 9.17) is 14.2 Å². The van der Waals surface area contributed by atoms with Crippen molar-refractivity contribution < 1.29 is 19.0 Å². The minimum Gasteiger partial charge on any atom is -0.496 e. The second-order valence-corrected chi connectivity index (χ2v) is 7.14. The number of hydrogen-bond acceptors (Lipinski definition) is 5. The smallest absolute Gasteiger partial charge is 0.275 e. The zero-order chi connectivity index (χ0) is 21.5. The van der Waals surface area contributed by atoms with E-state index < -0.39 is 0 Å². The van der Waals surface area contributed by atoms with E-state index in [2.05, 4.69) is 26.5 Å². The van der Waals surface area contributed by atoms with Crippen LogP contribution in [0.4, 0.5) is 0 Å². The SMILES string of the molecule is CCOc1cc(OCC)c(/C=N\NC(=O)c2cc3ccccc3cc2OC)cc1Br. The van der Waals surface area contributed by atoms with Gasteiger partial charge in [-0.15, -0.1) is 0 Å². The van der Waals surface area contributed by atoms with Gasteiger partial charge in [0.25, 0.3) is 5.91 Å². The molecule has 0 aliphatic heterocycles. The Balaban J connectivity index is 1.84. The Hall–Kier alpha value is -3.06. The number of carbonyl (C=O) groups excluding carboxylic acids is 1. The van der Waals surface area contributed by atoms with Gasteiger partial charge in [0.05, 0.1) is 36.6 Å². The van der Waals surface area contributed by atoms with Crippen LogP contribution < -0.4 is 19.6 Å². The highest BCUT2D eigenvalue weighted by Crippen LogP contribution is 2.32. The monoisotopic (exact) mass is 470 g/mol. The Morgan fingerprint density at radius 3 is 2.33 bits per heavy atom. The van der Waals surface area contributed by atoms with Crippen LogP contribution in [0.5, 0.6) is 17.2 Å². The van der Waals surface area contributed by atoms with Crippen molar-refractivity contribution in [3.05, 3.63) is 64.1 Å². The number of carbonyl (C=O) groups is 1. The molecule has 7 heteroatoms. The van der Waals surface area contributed by atoms with Crippen LogP contribution in [0.2, 0.25) is 0 Å². The number of benzene rings is 3. The average Bonchev–Trinajstić information content (AvgIpc) is 2.75. The molecule has 1 N–H and O–H groups in total. The molecule has 0 atom stereocenters. The molecule has 0 unspecified atom stereocenters. The maximum atomic E-state index is 12.7. The molecule has 0 radical (unpaired) electrons. The zero-order valence-electron chi connectivity index (χ0n) is 17.1. The summed E-state index contributed by atoms with van der Waals surface area (Å²) < 4.78 is 17.4. The highest BCUT2D eigenvalue weighted by atomic mass is 79.9. The molecule has 30 heavy (non-hydrogen) atoms. The molecule has 156 valence electrons. The fourth-order valence-electron chi connectivity index (χ4n) is 2.98. The summed E-state index contributed by atoms with van der Waals surface area (Å²) in [6, 6.07) is 15.0. The third-order valence-corrected chi connectivity index (χ3v) is 4.97. The minimum absolute atomic E-state index is 0.364. The topological polar surface area (TPSA) is 69.2 Å². The fourth-order valence-corrected chi connectivity index (χ4v) is 3.46. The van der Waals surface area contributed by atoms with E-state index in [-0.39, 0.29) is 5.91 Å². The zero-order valence-corrected chi connectivity index (χ0v) is 18.7. The van der Waals surface area contributed by atoms with Gasteiger partial charge in [0.1, 0.15) is 17.2 Å². The van der Waals surface area contributed by atoms with E-state index in [1.165, 1.54) is 13.3 Å². The number of nitrogens with zero attached hydrogens (tertiary/aromatic N) is 1. The summed E-state index contributed by atoms with van der Waals surface area (Å²) in [5.41, 5.74) is 3.68. The first-order valence-corrected chi connectivity index (χ1v) is 10.4. The first-order chi connectivity index (χ1) is 14.6. The number of rotatable bonds is 8. The molecule has 0 saturated heterocycles. The lowest BCUT2D eigenvalue weighted by Crippen LogP contribution is -2.18. The summed E-state index contributed by atoms with van der Waals surface area (Å²) in [5, 5.41) is 6.05. The summed E-state index contributed by atoms with van der Waals surface area (Å²) in [4.78, 5) is 12.7. The van der Waals surface area contributed by atoms with Crippen LogP contribution in [0, 0.1) is 0 Å². The number of hydrazone groups is 1. The first kappa shape index (κ1) is 21.6. The largest absolute Gasteiger partial charge is 0.496 e. The molecule has 0 spiro atoms. The molecule has 0 saturated carbocycles. The first-order valence-electron chi connectivity index (χ1n) is 9.56. The normalized spacial score (nSPS) is 10.9. The Morgan fingerprint density at radius 1 is 1.00 bits per heavy atom. The number of halogens is 1. The summed E-state index contributed by atoms with van der Waals surface area (Å²) in [6.45, 7) is 4.85. The Kier molecular flexibility index (Phi) is 7.30. The Labute approximate surface area is 184 Å². The van der Waals surface area contributed by atoms with Gasteiger partial charge >= 0.3 is 0 Å². The van der Waals surface area contributed by atoms with Gasteiger partial charge in [-0.05, 0) is 58.7 Å². The second kappa shape index (κ2) is 10.1. The van der Waals surface area contributed by atoms with Gasteiger partial charge in [-0.1, -0.05) is 24.3 Å². The van der Waals surface area contributed by atoms with E-state index in [0.29, 0.717) is 41.6 Å². The molecule has 0 aliphatic rings. The second-order valence-electron chi connectivity index (χ2n) is 6.29. The Morgan fingerprint density at radius 2 is 1.67 bits per heavy atom. The summed E-state index contributed by atoms with van der Waals surface area (Å²) in [5.74, 6) is 1.42. The van der Waals surface area contributed by atoms with Crippen LogP contribution in [-0.4, -0.2) is 32.4 Å². The van der Waals surface area contributed by atoms with E-state index in [0.717, 1.165) is 15.2 Å². The summed E-state index contributed by atoms with van der Waals surface area (Å²) >= 11 is 3.49. The van der Waals surface area contributed by atoms with Gasteiger partial charge in [-0.25, -0.2) is 5.43 Å². The van der Waals surface area contributed by atoms with Crippen LogP contribution in [0.1, 0.15) is 29.8 Å². The molecule has 0 aromatic heterocycles. The van der Waals surface area contributed by atoms with Gasteiger partial charge in [-0.2, -0.15) is 5.10 Å². The van der Waals surface area contributed by atoms with Crippen LogP contribution in [0.15, 0.2) is 58.1 Å². The van der Waals surface area contributed by atoms with Gasteiger partial charge in [0.2, 0.25) is 0 Å². The lowest BCUT2D eigenvalue weighted by molar-refractivity contribution is 0.0952. The van der Waals surface area contributed by atoms with Crippen molar-refractivity contribution >= 4 is 38.8 Å². The number of hydrogen-bond donors (Lipinski definition) is 1. The molecule has 3 rings (SSSR count). The van der Waals surface area contributed by atoms with E-state index in [1.54, 1.807) is 12.1 Å². The number of methoxy groups -OCH3 is 1. The molecular formula is C23H23BrN2O4. The van der Waals surface area contributed by atoms with Gasteiger partial charge in [0.15, 0.2) is 0 Å². The maximum Gasteiger partial charge on any atom is 0.275 e. The van der Waals surface area contributed by atoms with Crippen LogP contribution >= 0.6 is 15.9 Å². The van der Waals surface area contributed by atoms with Crippen molar-refractivity contribution in [1.82, 2.24) is 5.43 Å². The molecule has 0 fully saturated rings. The molecule has 6 nitrogen and oxygen atoms in total. The number of amides is 1. The van der Waals surface area contributed by atoms with Crippen molar-refractivity contribution in [2.45, 2.75) is 13.8 Å². The van der Waals surface area contributed by atoms with Crippen molar-refractivity contribution in [3.8, 4) is 17.2 Å². The highest BCUT2D eigenvalue weighted by Gasteiger charge is 2.14. The predicted octanol–water partition coefficient (Wildman–Crippen LogP) is 5.17. The minimum atomic E-state index is -0.364. The van der Waals surface area contributed by atoms with Crippen LogP contribution in [0.3, 0.4) is 0 Å². The number of fused-ring (bicyclic) bond motifs is 1. The predicted molar refractivity (Wildman–Crippen MR) is 122 cm³/mol. The fraction of sp³-hybridized carbons (Fsp3) is 0.217. The molecule has 1 amide bonds. The standard InChI is InChI=1S/C23H23BrN2O4/c1-4-29-20-13-22(30-5-2)19(24)11-17(20)14-25-26-23(27)18-10-15-8-6-7-9-16(15)12-21(18)28-3/h6-14H,4-5H2,1-3H3,(H,26,27)/b25-14-. The van der Waals surface area contributed by atoms with E-state index >= 15 is 0 Å². The number of nitrogens with one attached hydrogen (secondary N) is 1. The molecule has 0 aliphatic carbocycles. The van der Waals surface area contributed by atoms with Crippen molar-refractivity contribution in [3.63, 3.8) is 0 Å². The lowest BCUT2D eigenvalue weighted by Gasteiger charge is -2.12. The molecule has 0 bridgehead atoms. The third-order valence-electron chi connectivity index (χ3n) is 4.35. The molecule has 0 heterocycles. The summed E-state index contributed by atoms with van der Waals surface area (Å²) in [7, 11) is 1.54. The molecule has 3 aromatic rings. The molecular weight excluding hydrogens is 448 g/mol. The van der Waals surface area contributed by atoms with E-state index in [9.17, 15) is 4.79 Å². The van der Waals surface area contributed by atoms with Gasteiger partial charge in [-0.3, -0.25) is 4.79 Å². The van der Waals surface area contributed by atoms with E-state index in [1.807, 2.05) is 50.2 Å². The average molecular weight is 471 g/mol. The molecule has 3 aromatic carbocycles. The van der Waals surface area contributed by atoms with Crippen LogP contribution in [-0.2, 0) is 0 Å². The highest BCUT2D eigenvalue weighted by molar-refractivity contribution is 9.10. The van der Waals surface area contributed by atoms with Crippen LogP contribution in [0.25, 0.3) is 10.8 Å².